The Kier molecular flexibility index (Phi) is 2.62. The maximum absolute atomic E-state index is 9.17. The highest BCUT2D eigenvalue weighted by molar-refractivity contribution is 5.38. The van der Waals surface area contributed by atoms with Gasteiger partial charge in [0, 0.05) is 12.4 Å². The number of nitrogens with two attached hydrogens (primary N) is 2. The average Bonchev–Trinajstić information content (AvgIpc) is 2.03. The van der Waals surface area contributed by atoms with Gasteiger partial charge in [-0.25, -0.2) is 0 Å². The van der Waals surface area contributed by atoms with E-state index in [9.17, 15) is 5.11 Å². The summed E-state index contributed by atoms with van der Waals surface area (Å²) in [7, 11) is 0. The van der Waals surface area contributed by atoms with Crippen molar-refractivity contribution in [1.82, 2.24) is 4.98 Å². The smallest absolute Gasteiger partial charge is 0.0705 e. The molecular weight excluding hydrogens is 154 g/mol. The second-order valence-corrected chi connectivity index (χ2v) is 2.82. The number of aliphatic hydroxyl groups excluding tert-OH is 1. The van der Waals surface area contributed by atoms with Gasteiger partial charge in [-0.2, -0.15) is 0 Å². The molecule has 0 radical (unpaired) electrons. The van der Waals surface area contributed by atoms with Gasteiger partial charge in [0.05, 0.1) is 17.8 Å². The summed E-state index contributed by atoms with van der Waals surface area (Å²) in [5.41, 5.74) is 12.5. The lowest BCUT2D eigenvalue weighted by molar-refractivity contribution is 0.164. The Labute approximate surface area is 71.2 Å². The van der Waals surface area contributed by atoms with E-state index in [1.165, 1.54) is 6.20 Å². The lowest BCUT2D eigenvalue weighted by Crippen LogP contribution is -2.23. The highest BCUT2D eigenvalue weighted by Crippen LogP contribution is 2.14. The van der Waals surface area contributed by atoms with Crippen molar-refractivity contribution in [3.8, 4) is 0 Å². The molecule has 0 aliphatic carbocycles. The van der Waals surface area contributed by atoms with Gasteiger partial charge < -0.3 is 16.6 Å². The topological polar surface area (TPSA) is 85.2 Å². The number of aliphatic hydroxyl groups is 1. The van der Waals surface area contributed by atoms with Crippen LogP contribution in [-0.2, 0) is 0 Å². The highest BCUT2D eigenvalue weighted by Gasteiger charge is 2.11. The van der Waals surface area contributed by atoms with Gasteiger partial charge in [-0.15, -0.1) is 0 Å². The van der Waals surface area contributed by atoms with Gasteiger partial charge in [-0.1, -0.05) is 0 Å². The summed E-state index contributed by atoms with van der Waals surface area (Å²) in [5.74, 6) is 0. The molecule has 5 N–H and O–H groups in total. The van der Waals surface area contributed by atoms with Gasteiger partial charge >= 0.3 is 0 Å². The summed E-state index contributed by atoms with van der Waals surface area (Å²) in [5, 5.41) is 9.17. The summed E-state index contributed by atoms with van der Waals surface area (Å²) in [6.07, 6.45) is 2.56. The third-order valence-corrected chi connectivity index (χ3v) is 1.69. The number of anilines is 1. The number of nitrogens with zero attached hydrogens (tertiary/aromatic N) is 1. The summed E-state index contributed by atoms with van der Waals surface area (Å²) < 4.78 is 0. The Balaban J connectivity index is 2.88. The molecule has 0 saturated heterocycles. The molecule has 0 amide bonds. The average molecular weight is 167 g/mol. The second-order valence-electron chi connectivity index (χ2n) is 2.82. The quantitative estimate of drug-likeness (QED) is 0.580. The van der Waals surface area contributed by atoms with E-state index in [4.69, 9.17) is 11.5 Å². The van der Waals surface area contributed by atoms with Gasteiger partial charge in [-0.3, -0.25) is 4.98 Å². The zero-order chi connectivity index (χ0) is 9.14. The normalized spacial score (nSPS) is 15.6. The summed E-state index contributed by atoms with van der Waals surface area (Å²) in [6, 6.07) is 1.30. The molecule has 0 saturated carbocycles. The zero-order valence-electron chi connectivity index (χ0n) is 6.94. The minimum Gasteiger partial charge on any atom is -0.397 e. The Morgan fingerprint density at radius 3 is 2.67 bits per heavy atom. The number of aromatic nitrogens is 1. The molecule has 1 aromatic heterocycles. The second kappa shape index (κ2) is 3.51. The molecule has 2 atom stereocenters. The highest BCUT2D eigenvalue weighted by atomic mass is 16.3. The minimum absolute atomic E-state index is 0.416. The summed E-state index contributed by atoms with van der Waals surface area (Å²) in [4.78, 5) is 3.87. The van der Waals surface area contributed by atoms with Gasteiger partial charge in [0.25, 0.3) is 0 Å². The molecule has 1 aromatic rings. The zero-order valence-corrected chi connectivity index (χ0v) is 6.94. The fourth-order valence-corrected chi connectivity index (χ4v) is 0.937. The predicted molar refractivity (Wildman–Crippen MR) is 47.3 cm³/mol. The van der Waals surface area contributed by atoms with Crippen molar-refractivity contribution in [2.45, 2.75) is 19.1 Å². The van der Waals surface area contributed by atoms with Crippen molar-refractivity contribution in [1.29, 1.82) is 0 Å². The first-order valence-corrected chi connectivity index (χ1v) is 3.75. The van der Waals surface area contributed by atoms with Crippen molar-refractivity contribution in [3.05, 3.63) is 24.0 Å². The third-order valence-electron chi connectivity index (χ3n) is 1.69. The van der Waals surface area contributed by atoms with Crippen molar-refractivity contribution in [2.24, 2.45) is 5.73 Å². The van der Waals surface area contributed by atoms with E-state index < -0.39 is 12.1 Å². The van der Waals surface area contributed by atoms with Crippen molar-refractivity contribution >= 4 is 5.69 Å². The van der Waals surface area contributed by atoms with Crippen LogP contribution in [0, 0.1) is 0 Å². The largest absolute Gasteiger partial charge is 0.397 e. The molecule has 66 valence electrons. The summed E-state index contributed by atoms with van der Waals surface area (Å²) in [6.45, 7) is 1.63. The van der Waals surface area contributed by atoms with Crippen LogP contribution in [0.5, 0.6) is 0 Å². The predicted octanol–water partition coefficient (Wildman–Crippen LogP) is 0.0444. The van der Waals surface area contributed by atoms with Crippen LogP contribution >= 0.6 is 0 Å². The fourth-order valence-electron chi connectivity index (χ4n) is 0.937. The molecule has 0 aliphatic heterocycles. The maximum atomic E-state index is 9.17. The Morgan fingerprint density at radius 1 is 1.50 bits per heavy atom. The Bertz CT molecular complexity index is 262. The van der Waals surface area contributed by atoms with Gasteiger partial charge in [0.15, 0.2) is 0 Å². The third kappa shape index (κ3) is 1.93. The van der Waals surface area contributed by atoms with Crippen LogP contribution in [0.3, 0.4) is 0 Å². The first-order valence-electron chi connectivity index (χ1n) is 3.75. The van der Waals surface area contributed by atoms with Crippen molar-refractivity contribution < 1.29 is 5.11 Å². The molecule has 0 aromatic carbocycles. The van der Waals surface area contributed by atoms with Crippen LogP contribution in [-0.4, -0.2) is 16.2 Å². The number of hydrogen-bond donors (Lipinski definition) is 3. The SMILES string of the molecule is C[C@H](O)[C@H](N)c1cncc(N)c1. The number of nitrogen functional groups attached to an aromatic ring is 1. The fraction of sp³-hybridized carbons (Fsp3) is 0.375. The molecule has 0 spiro atoms. The molecule has 4 nitrogen and oxygen atoms in total. The Hall–Kier alpha value is -1.13. The van der Waals surface area contributed by atoms with Gasteiger partial charge in [0.1, 0.15) is 0 Å². The van der Waals surface area contributed by atoms with Crippen molar-refractivity contribution in [2.75, 3.05) is 5.73 Å². The van der Waals surface area contributed by atoms with E-state index in [2.05, 4.69) is 4.98 Å². The molecule has 0 bridgehead atoms. The van der Waals surface area contributed by atoms with E-state index in [1.54, 1.807) is 19.2 Å². The van der Waals surface area contributed by atoms with Crippen molar-refractivity contribution in [3.63, 3.8) is 0 Å². The first kappa shape index (κ1) is 8.96. The maximum Gasteiger partial charge on any atom is 0.0705 e. The molecule has 0 fully saturated rings. The molecular formula is C8H13N3O. The van der Waals surface area contributed by atoms with Gasteiger partial charge in [0.2, 0.25) is 0 Å². The van der Waals surface area contributed by atoms with Crippen LogP contribution in [0.15, 0.2) is 18.5 Å². The monoisotopic (exact) mass is 167 g/mol. The molecule has 12 heavy (non-hydrogen) atoms. The first-order chi connectivity index (χ1) is 5.61. The standard InChI is InChI=1S/C8H13N3O/c1-5(12)8(10)6-2-7(9)4-11-3-6/h2-5,8,12H,9-10H2,1H3/t5-,8-/m0/s1. The number of rotatable bonds is 2. The van der Waals surface area contributed by atoms with E-state index >= 15 is 0 Å². The van der Waals surface area contributed by atoms with Crippen LogP contribution in [0.4, 0.5) is 5.69 Å². The minimum atomic E-state index is -0.589. The van der Waals surface area contributed by atoms with Crippen LogP contribution in [0.25, 0.3) is 0 Å². The lowest BCUT2D eigenvalue weighted by atomic mass is 10.1. The number of pyridine rings is 1. The Morgan fingerprint density at radius 2 is 2.17 bits per heavy atom. The molecule has 0 aliphatic rings. The molecule has 1 rings (SSSR count). The van der Waals surface area contributed by atoms with Gasteiger partial charge in [-0.05, 0) is 18.6 Å². The molecule has 4 heteroatoms. The molecule has 1 heterocycles. The van der Waals surface area contributed by atoms with Crippen LogP contribution in [0.1, 0.15) is 18.5 Å². The van der Waals surface area contributed by atoms with Crippen LogP contribution < -0.4 is 11.5 Å². The van der Waals surface area contributed by atoms with Crippen LogP contribution in [0.2, 0.25) is 0 Å². The van der Waals surface area contributed by atoms with E-state index in [0.29, 0.717) is 5.69 Å². The van der Waals surface area contributed by atoms with E-state index in [0.717, 1.165) is 5.56 Å². The summed E-state index contributed by atoms with van der Waals surface area (Å²) >= 11 is 0. The lowest BCUT2D eigenvalue weighted by Gasteiger charge is -2.14. The van der Waals surface area contributed by atoms with E-state index in [1.807, 2.05) is 0 Å². The molecule has 0 unspecified atom stereocenters. The number of hydrogen-bond acceptors (Lipinski definition) is 4. The van der Waals surface area contributed by atoms with E-state index in [-0.39, 0.29) is 0 Å².